The molecule has 0 aliphatic carbocycles. The lowest BCUT2D eigenvalue weighted by Crippen LogP contribution is -2.07. The first-order valence-corrected chi connectivity index (χ1v) is 6.73. The Morgan fingerprint density at radius 3 is 2.95 bits per heavy atom. The standard InChI is InChI=1S/C11H14ClN5OS/c1-18-4-6-2-7(19-5-6)3-15-10-8(13)9(12)16-11(14)17-10/h2,5H,3-4,13H2,1H3,(H3,14,15,16,17). The van der Waals surface area contributed by atoms with E-state index < -0.39 is 0 Å². The van der Waals surface area contributed by atoms with Crippen molar-refractivity contribution in [2.45, 2.75) is 13.2 Å². The van der Waals surface area contributed by atoms with Crippen molar-refractivity contribution in [3.8, 4) is 0 Å². The molecule has 19 heavy (non-hydrogen) atoms. The molecule has 2 heterocycles. The van der Waals surface area contributed by atoms with E-state index in [9.17, 15) is 0 Å². The number of rotatable bonds is 5. The predicted molar refractivity (Wildman–Crippen MR) is 78.2 cm³/mol. The minimum absolute atomic E-state index is 0.0907. The first kappa shape index (κ1) is 13.9. The number of nitrogen functional groups attached to an aromatic ring is 2. The molecule has 5 N–H and O–H groups in total. The number of anilines is 3. The van der Waals surface area contributed by atoms with E-state index in [1.807, 2.05) is 5.38 Å². The Morgan fingerprint density at radius 1 is 1.42 bits per heavy atom. The zero-order valence-electron chi connectivity index (χ0n) is 10.3. The summed E-state index contributed by atoms with van der Waals surface area (Å²) in [6.07, 6.45) is 0. The third kappa shape index (κ3) is 3.46. The molecular weight excluding hydrogens is 286 g/mol. The van der Waals surface area contributed by atoms with E-state index in [2.05, 4.69) is 21.4 Å². The molecule has 0 spiro atoms. The quantitative estimate of drug-likeness (QED) is 0.731. The average Bonchev–Trinajstić information content (AvgIpc) is 2.80. The minimum Gasteiger partial charge on any atom is -0.393 e. The molecule has 0 radical (unpaired) electrons. The lowest BCUT2D eigenvalue weighted by atomic mass is 10.3. The van der Waals surface area contributed by atoms with Gasteiger partial charge in [0, 0.05) is 12.0 Å². The highest BCUT2D eigenvalue weighted by atomic mass is 35.5. The molecule has 0 unspecified atom stereocenters. The summed E-state index contributed by atoms with van der Waals surface area (Å²) in [6, 6.07) is 2.06. The summed E-state index contributed by atoms with van der Waals surface area (Å²) in [5.41, 5.74) is 12.7. The molecule has 0 amide bonds. The number of thiophene rings is 1. The fraction of sp³-hybridized carbons (Fsp3) is 0.273. The number of aromatic nitrogens is 2. The van der Waals surface area contributed by atoms with Crippen LogP contribution in [0.15, 0.2) is 11.4 Å². The molecular formula is C11H14ClN5OS. The maximum absolute atomic E-state index is 5.84. The predicted octanol–water partition coefficient (Wildman–Crippen LogP) is 2.11. The Labute approximate surface area is 119 Å². The SMILES string of the molecule is COCc1csc(CNc2nc(N)nc(Cl)c2N)c1. The number of hydrogen-bond donors (Lipinski definition) is 3. The first-order chi connectivity index (χ1) is 9.10. The third-order valence-corrected chi connectivity index (χ3v) is 3.64. The van der Waals surface area contributed by atoms with Gasteiger partial charge in [-0.1, -0.05) is 11.6 Å². The summed E-state index contributed by atoms with van der Waals surface area (Å²) in [4.78, 5) is 8.93. The summed E-state index contributed by atoms with van der Waals surface area (Å²) in [7, 11) is 1.67. The summed E-state index contributed by atoms with van der Waals surface area (Å²) < 4.78 is 5.07. The fourth-order valence-corrected chi connectivity index (χ4v) is 2.51. The van der Waals surface area contributed by atoms with Crippen molar-refractivity contribution in [1.82, 2.24) is 9.97 Å². The van der Waals surface area contributed by atoms with E-state index >= 15 is 0 Å². The van der Waals surface area contributed by atoms with Crippen LogP contribution in [-0.4, -0.2) is 17.1 Å². The van der Waals surface area contributed by atoms with Crippen molar-refractivity contribution in [2.75, 3.05) is 23.9 Å². The lowest BCUT2D eigenvalue weighted by Gasteiger charge is -2.08. The van der Waals surface area contributed by atoms with E-state index in [1.165, 1.54) is 0 Å². The first-order valence-electron chi connectivity index (χ1n) is 5.47. The number of nitrogens with two attached hydrogens (primary N) is 2. The highest BCUT2D eigenvalue weighted by Crippen LogP contribution is 2.25. The summed E-state index contributed by atoms with van der Waals surface area (Å²) in [5, 5.41) is 5.30. The van der Waals surface area contributed by atoms with Gasteiger partial charge >= 0.3 is 0 Å². The van der Waals surface area contributed by atoms with Gasteiger partial charge in [-0.3, -0.25) is 0 Å². The van der Waals surface area contributed by atoms with E-state index in [4.69, 9.17) is 27.8 Å². The van der Waals surface area contributed by atoms with E-state index in [0.29, 0.717) is 24.7 Å². The Bertz CT molecular complexity index is 574. The molecule has 0 saturated heterocycles. The number of nitrogens with zero attached hydrogens (tertiary/aromatic N) is 2. The van der Waals surface area contributed by atoms with Crippen LogP contribution in [0.25, 0.3) is 0 Å². The second-order valence-corrected chi connectivity index (χ2v) is 5.20. The largest absolute Gasteiger partial charge is 0.393 e. The summed E-state index contributed by atoms with van der Waals surface area (Å²) >= 11 is 7.47. The number of methoxy groups -OCH3 is 1. The minimum atomic E-state index is 0.0907. The van der Waals surface area contributed by atoms with Crippen LogP contribution in [0.2, 0.25) is 5.15 Å². The molecule has 2 aromatic rings. The molecule has 6 nitrogen and oxygen atoms in total. The van der Waals surface area contributed by atoms with Crippen molar-refractivity contribution in [3.05, 3.63) is 27.0 Å². The molecule has 102 valence electrons. The van der Waals surface area contributed by atoms with Crippen molar-refractivity contribution >= 4 is 40.4 Å². The van der Waals surface area contributed by atoms with Gasteiger partial charge in [0.2, 0.25) is 5.95 Å². The van der Waals surface area contributed by atoms with Gasteiger partial charge < -0.3 is 21.5 Å². The normalized spacial score (nSPS) is 10.6. The third-order valence-electron chi connectivity index (χ3n) is 2.37. The van der Waals surface area contributed by atoms with Gasteiger partial charge in [0.1, 0.15) is 5.69 Å². The van der Waals surface area contributed by atoms with Gasteiger partial charge in [0.25, 0.3) is 0 Å². The van der Waals surface area contributed by atoms with Gasteiger partial charge in [-0.15, -0.1) is 11.3 Å². The highest BCUT2D eigenvalue weighted by molar-refractivity contribution is 7.10. The van der Waals surface area contributed by atoms with Crippen molar-refractivity contribution in [2.24, 2.45) is 0 Å². The molecule has 0 saturated carbocycles. The Morgan fingerprint density at radius 2 is 2.21 bits per heavy atom. The number of halogens is 1. The summed E-state index contributed by atoms with van der Waals surface area (Å²) in [6.45, 7) is 1.19. The molecule has 8 heteroatoms. The van der Waals surface area contributed by atoms with Crippen LogP contribution in [0.1, 0.15) is 10.4 Å². The highest BCUT2D eigenvalue weighted by Gasteiger charge is 2.09. The zero-order valence-corrected chi connectivity index (χ0v) is 11.9. The molecule has 0 bridgehead atoms. The van der Waals surface area contributed by atoms with Crippen LogP contribution in [0, 0.1) is 0 Å². The van der Waals surface area contributed by atoms with Crippen LogP contribution in [0.4, 0.5) is 17.5 Å². The molecule has 2 aromatic heterocycles. The zero-order chi connectivity index (χ0) is 13.8. The second-order valence-electron chi connectivity index (χ2n) is 3.84. The van der Waals surface area contributed by atoms with Crippen LogP contribution < -0.4 is 16.8 Å². The van der Waals surface area contributed by atoms with Crippen molar-refractivity contribution in [1.29, 1.82) is 0 Å². The Hall–Kier alpha value is -1.57. The number of hydrogen-bond acceptors (Lipinski definition) is 7. The molecule has 0 aliphatic heterocycles. The van der Waals surface area contributed by atoms with Gasteiger partial charge in [-0.25, -0.2) is 0 Å². The number of ether oxygens (including phenoxy) is 1. The van der Waals surface area contributed by atoms with Crippen molar-refractivity contribution in [3.63, 3.8) is 0 Å². The van der Waals surface area contributed by atoms with Gasteiger partial charge in [0.15, 0.2) is 11.0 Å². The van der Waals surface area contributed by atoms with Crippen LogP contribution in [0.3, 0.4) is 0 Å². The monoisotopic (exact) mass is 299 g/mol. The average molecular weight is 300 g/mol. The maximum Gasteiger partial charge on any atom is 0.223 e. The van der Waals surface area contributed by atoms with E-state index in [0.717, 1.165) is 10.4 Å². The molecule has 2 rings (SSSR count). The van der Waals surface area contributed by atoms with Crippen molar-refractivity contribution < 1.29 is 4.74 Å². The molecule has 0 aliphatic rings. The van der Waals surface area contributed by atoms with E-state index in [1.54, 1.807) is 18.4 Å². The van der Waals surface area contributed by atoms with E-state index in [-0.39, 0.29) is 11.1 Å². The number of nitrogens with one attached hydrogen (secondary N) is 1. The Balaban J connectivity index is 2.05. The van der Waals surface area contributed by atoms with Crippen LogP contribution in [0.5, 0.6) is 0 Å². The van der Waals surface area contributed by atoms with Gasteiger partial charge in [-0.2, -0.15) is 9.97 Å². The topological polar surface area (TPSA) is 99.1 Å². The van der Waals surface area contributed by atoms with Gasteiger partial charge in [0.05, 0.1) is 13.2 Å². The smallest absolute Gasteiger partial charge is 0.223 e. The van der Waals surface area contributed by atoms with Crippen LogP contribution in [-0.2, 0) is 17.9 Å². The van der Waals surface area contributed by atoms with Crippen LogP contribution >= 0.6 is 22.9 Å². The van der Waals surface area contributed by atoms with Gasteiger partial charge in [-0.05, 0) is 17.0 Å². The Kier molecular flexibility index (Phi) is 4.41. The molecule has 0 aromatic carbocycles. The summed E-state index contributed by atoms with van der Waals surface area (Å²) in [5.74, 6) is 0.534. The molecule has 0 atom stereocenters. The fourth-order valence-electron chi connectivity index (χ4n) is 1.53. The maximum atomic E-state index is 5.84. The lowest BCUT2D eigenvalue weighted by molar-refractivity contribution is 0.185. The second kappa shape index (κ2) is 6.05. The molecule has 0 fully saturated rings.